The van der Waals surface area contributed by atoms with Gasteiger partial charge in [-0.05, 0) is 30.3 Å². The van der Waals surface area contributed by atoms with Crippen molar-refractivity contribution in [1.29, 1.82) is 0 Å². The number of hydrogen-bond donors (Lipinski definition) is 1. The van der Waals surface area contributed by atoms with Crippen molar-refractivity contribution in [1.82, 2.24) is 10.3 Å². The molecular weight excluding hydrogens is 253 g/mol. The molecule has 0 aliphatic carbocycles. The van der Waals surface area contributed by atoms with E-state index in [4.69, 9.17) is 0 Å². The number of pyridine rings is 1. The SMILES string of the molecule is CC(C)NCc1cnccc1N(C)c1ccc(F)cc1. The van der Waals surface area contributed by atoms with Crippen molar-refractivity contribution in [2.45, 2.75) is 26.4 Å². The van der Waals surface area contributed by atoms with E-state index in [1.54, 1.807) is 18.3 Å². The highest BCUT2D eigenvalue weighted by molar-refractivity contribution is 5.65. The van der Waals surface area contributed by atoms with Gasteiger partial charge < -0.3 is 10.2 Å². The van der Waals surface area contributed by atoms with E-state index in [0.717, 1.165) is 23.5 Å². The number of rotatable bonds is 5. The predicted molar refractivity (Wildman–Crippen MR) is 80.7 cm³/mol. The van der Waals surface area contributed by atoms with Crippen molar-refractivity contribution in [2.24, 2.45) is 0 Å². The average Bonchev–Trinajstić information content (AvgIpc) is 2.45. The van der Waals surface area contributed by atoms with Gasteiger partial charge in [-0.15, -0.1) is 0 Å². The van der Waals surface area contributed by atoms with Gasteiger partial charge >= 0.3 is 0 Å². The lowest BCUT2D eigenvalue weighted by molar-refractivity contribution is 0.588. The third-order valence-corrected chi connectivity index (χ3v) is 3.15. The Morgan fingerprint density at radius 1 is 1.20 bits per heavy atom. The van der Waals surface area contributed by atoms with Crippen LogP contribution in [0.5, 0.6) is 0 Å². The maximum absolute atomic E-state index is 13.0. The Morgan fingerprint density at radius 2 is 1.90 bits per heavy atom. The highest BCUT2D eigenvalue weighted by atomic mass is 19.1. The van der Waals surface area contributed by atoms with Crippen LogP contribution >= 0.6 is 0 Å². The highest BCUT2D eigenvalue weighted by Gasteiger charge is 2.09. The first-order chi connectivity index (χ1) is 9.58. The molecule has 2 rings (SSSR count). The first-order valence-electron chi connectivity index (χ1n) is 6.73. The third kappa shape index (κ3) is 3.54. The summed E-state index contributed by atoms with van der Waals surface area (Å²) in [6.45, 7) is 4.98. The molecule has 0 amide bonds. The Bertz CT molecular complexity index is 552. The van der Waals surface area contributed by atoms with Crippen LogP contribution in [0.2, 0.25) is 0 Å². The molecule has 0 bridgehead atoms. The van der Waals surface area contributed by atoms with Crippen LogP contribution < -0.4 is 10.2 Å². The molecule has 0 spiro atoms. The van der Waals surface area contributed by atoms with Crippen molar-refractivity contribution in [3.05, 3.63) is 54.1 Å². The van der Waals surface area contributed by atoms with E-state index in [0.29, 0.717) is 6.04 Å². The Kier molecular flexibility index (Phi) is 4.69. The molecule has 20 heavy (non-hydrogen) atoms. The van der Waals surface area contributed by atoms with Crippen LogP contribution in [0, 0.1) is 5.82 Å². The van der Waals surface area contributed by atoms with E-state index in [-0.39, 0.29) is 5.82 Å². The van der Waals surface area contributed by atoms with Crippen LogP contribution in [0.15, 0.2) is 42.7 Å². The van der Waals surface area contributed by atoms with Gasteiger partial charge in [-0.3, -0.25) is 4.98 Å². The highest BCUT2D eigenvalue weighted by Crippen LogP contribution is 2.26. The molecule has 0 aliphatic rings. The smallest absolute Gasteiger partial charge is 0.123 e. The number of benzene rings is 1. The molecule has 1 heterocycles. The van der Waals surface area contributed by atoms with Gasteiger partial charge in [-0.2, -0.15) is 0 Å². The fourth-order valence-corrected chi connectivity index (χ4v) is 2.00. The molecule has 106 valence electrons. The van der Waals surface area contributed by atoms with Crippen molar-refractivity contribution >= 4 is 11.4 Å². The molecule has 0 unspecified atom stereocenters. The number of nitrogens with zero attached hydrogens (tertiary/aromatic N) is 2. The summed E-state index contributed by atoms with van der Waals surface area (Å²) in [6.07, 6.45) is 3.64. The quantitative estimate of drug-likeness (QED) is 0.904. The summed E-state index contributed by atoms with van der Waals surface area (Å²) in [6, 6.07) is 8.88. The Morgan fingerprint density at radius 3 is 2.55 bits per heavy atom. The summed E-state index contributed by atoms with van der Waals surface area (Å²) in [4.78, 5) is 6.23. The lowest BCUT2D eigenvalue weighted by Gasteiger charge is -2.23. The second-order valence-electron chi connectivity index (χ2n) is 5.08. The molecule has 0 atom stereocenters. The van der Waals surface area contributed by atoms with E-state index in [9.17, 15) is 4.39 Å². The molecule has 3 nitrogen and oxygen atoms in total. The van der Waals surface area contributed by atoms with Crippen molar-refractivity contribution < 1.29 is 4.39 Å². The minimum absolute atomic E-state index is 0.224. The first kappa shape index (κ1) is 14.5. The van der Waals surface area contributed by atoms with Gasteiger partial charge in [0.15, 0.2) is 0 Å². The molecule has 1 aromatic heterocycles. The molecule has 1 aromatic carbocycles. The minimum Gasteiger partial charge on any atom is -0.344 e. The number of aromatic nitrogens is 1. The van der Waals surface area contributed by atoms with E-state index in [2.05, 4.69) is 24.1 Å². The van der Waals surface area contributed by atoms with Gasteiger partial charge in [-0.25, -0.2) is 4.39 Å². The summed E-state index contributed by atoms with van der Waals surface area (Å²) < 4.78 is 13.0. The molecule has 1 N–H and O–H groups in total. The summed E-state index contributed by atoms with van der Waals surface area (Å²) in [5.74, 6) is -0.224. The number of halogens is 1. The molecule has 0 fully saturated rings. The monoisotopic (exact) mass is 273 g/mol. The summed E-state index contributed by atoms with van der Waals surface area (Å²) >= 11 is 0. The lowest BCUT2D eigenvalue weighted by atomic mass is 10.2. The maximum atomic E-state index is 13.0. The largest absolute Gasteiger partial charge is 0.344 e. The number of anilines is 2. The number of nitrogens with one attached hydrogen (secondary N) is 1. The molecule has 2 aromatic rings. The van der Waals surface area contributed by atoms with E-state index in [1.807, 2.05) is 24.2 Å². The van der Waals surface area contributed by atoms with Gasteiger partial charge in [0.2, 0.25) is 0 Å². The molecule has 0 aliphatic heterocycles. The van der Waals surface area contributed by atoms with Crippen molar-refractivity contribution in [3.63, 3.8) is 0 Å². The zero-order valence-corrected chi connectivity index (χ0v) is 12.1. The van der Waals surface area contributed by atoms with Gasteiger partial charge in [0.25, 0.3) is 0 Å². The molecule has 0 saturated heterocycles. The second-order valence-corrected chi connectivity index (χ2v) is 5.08. The number of hydrogen-bond acceptors (Lipinski definition) is 3. The molecular formula is C16H20FN3. The minimum atomic E-state index is -0.224. The van der Waals surface area contributed by atoms with Gasteiger partial charge in [0.05, 0.1) is 0 Å². The lowest BCUT2D eigenvalue weighted by Crippen LogP contribution is -2.23. The molecule has 0 radical (unpaired) electrons. The first-order valence-corrected chi connectivity index (χ1v) is 6.73. The Hall–Kier alpha value is -1.94. The van der Waals surface area contributed by atoms with E-state index in [1.165, 1.54) is 12.1 Å². The average molecular weight is 273 g/mol. The Balaban J connectivity index is 2.24. The fraction of sp³-hybridized carbons (Fsp3) is 0.312. The molecule has 4 heteroatoms. The summed E-state index contributed by atoms with van der Waals surface area (Å²) in [7, 11) is 1.97. The zero-order valence-electron chi connectivity index (χ0n) is 12.1. The van der Waals surface area contributed by atoms with Crippen molar-refractivity contribution in [2.75, 3.05) is 11.9 Å². The topological polar surface area (TPSA) is 28.2 Å². The van der Waals surface area contributed by atoms with Gasteiger partial charge in [0.1, 0.15) is 5.82 Å². The third-order valence-electron chi connectivity index (χ3n) is 3.15. The van der Waals surface area contributed by atoms with E-state index >= 15 is 0 Å². The van der Waals surface area contributed by atoms with Crippen LogP contribution in [0.3, 0.4) is 0 Å². The normalized spacial score (nSPS) is 10.8. The van der Waals surface area contributed by atoms with Crippen LogP contribution in [0.1, 0.15) is 19.4 Å². The van der Waals surface area contributed by atoms with Crippen LogP contribution in [-0.4, -0.2) is 18.1 Å². The molecule has 0 saturated carbocycles. The van der Waals surface area contributed by atoms with Gasteiger partial charge in [-0.1, -0.05) is 13.8 Å². The summed E-state index contributed by atoms with van der Waals surface area (Å²) in [5, 5.41) is 3.39. The van der Waals surface area contributed by atoms with Crippen molar-refractivity contribution in [3.8, 4) is 0 Å². The van der Waals surface area contributed by atoms with E-state index < -0.39 is 0 Å². The standard InChI is InChI=1S/C16H20FN3/c1-12(2)19-11-13-10-18-9-8-16(13)20(3)15-6-4-14(17)5-7-15/h4-10,12,19H,11H2,1-3H3. The maximum Gasteiger partial charge on any atom is 0.123 e. The fourth-order valence-electron chi connectivity index (χ4n) is 2.00. The van der Waals surface area contributed by atoms with Crippen LogP contribution in [0.4, 0.5) is 15.8 Å². The Labute approximate surface area is 119 Å². The zero-order chi connectivity index (χ0) is 14.5. The predicted octanol–water partition coefficient (Wildman–Crippen LogP) is 3.49. The van der Waals surface area contributed by atoms with Gasteiger partial charge in [0, 0.05) is 49.0 Å². The van der Waals surface area contributed by atoms with Crippen LogP contribution in [-0.2, 0) is 6.54 Å². The summed E-state index contributed by atoms with van der Waals surface area (Å²) in [5.41, 5.74) is 3.14. The van der Waals surface area contributed by atoms with Crippen LogP contribution in [0.25, 0.3) is 0 Å². The second kappa shape index (κ2) is 6.48.